The van der Waals surface area contributed by atoms with E-state index in [2.05, 4.69) is 0 Å². The van der Waals surface area contributed by atoms with Gasteiger partial charge in [-0.3, -0.25) is 9.59 Å². The van der Waals surface area contributed by atoms with Gasteiger partial charge in [0.1, 0.15) is 0 Å². The van der Waals surface area contributed by atoms with E-state index in [0.717, 1.165) is 0 Å². The second-order valence-corrected chi connectivity index (χ2v) is 3.59. The quantitative estimate of drug-likeness (QED) is 0.418. The minimum absolute atomic E-state index is 0.0707. The van der Waals surface area contributed by atoms with Gasteiger partial charge in [0, 0.05) is 12.0 Å². The first-order valence-electron chi connectivity index (χ1n) is 5.29. The van der Waals surface area contributed by atoms with E-state index in [-0.39, 0.29) is 24.8 Å². The molecule has 6 nitrogen and oxygen atoms in total. The normalized spacial score (nSPS) is 11.2. The SMILES string of the molecule is O=C(O)C/C=C(/CCCCCC(=O)O)C(=O)O. The number of aliphatic carboxylic acids is 3. The Balaban J connectivity index is 3.94. The van der Waals surface area contributed by atoms with Gasteiger partial charge in [-0.1, -0.05) is 12.5 Å². The number of carboxylic acid groups (broad SMARTS) is 3. The van der Waals surface area contributed by atoms with Gasteiger partial charge in [0.15, 0.2) is 0 Å². The lowest BCUT2D eigenvalue weighted by atomic mass is 10.1. The Kier molecular flexibility index (Phi) is 7.41. The molecule has 0 heterocycles. The Labute approximate surface area is 98.6 Å². The van der Waals surface area contributed by atoms with Gasteiger partial charge in [0.25, 0.3) is 0 Å². The van der Waals surface area contributed by atoms with E-state index in [9.17, 15) is 14.4 Å². The molecule has 0 aromatic rings. The summed E-state index contributed by atoms with van der Waals surface area (Å²) in [7, 11) is 0. The van der Waals surface area contributed by atoms with E-state index < -0.39 is 17.9 Å². The van der Waals surface area contributed by atoms with Crippen molar-refractivity contribution in [3.05, 3.63) is 11.6 Å². The second-order valence-electron chi connectivity index (χ2n) is 3.59. The van der Waals surface area contributed by atoms with Crippen molar-refractivity contribution in [2.45, 2.75) is 38.5 Å². The van der Waals surface area contributed by atoms with Crippen LogP contribution in [0.25, 0.3) is 0 Å². The summed E-state index contributed by atoms with van der Waals surface area (Å²) in [5.41, 5.74) is 0.0720. The van der Waals surface area contributed by atoms with Crippen LogP contribution in [-0.4, -0.2) is 33.2 Å². The highest BCUT2D eigenvalue weighted by atomic mass is 16.4. The molecule has 0 unspecified atom stereocenters. The summed E-state index contributed by atoms with van der Waals surface area (Å²) in [5, 5.41) is 25.6. The van der Waals surface area contributed by atoms with Crippen LogP contribution in [0.3, 0.4) is 0 Å². The topological polar surface area (TPSA) is 112 Å². The fraction of sp³-hybridized carbons (Fsp3) is 0.545. The van der Waals surface area contributed by atoms with Gasteiger partial charge in [0.2, 0.25) is 0 Å². The maximum absolute atomic E-state index is 10.7. The second kappa shape index (κ2) is 8.32. The molecule has 0 saturated carbocycles. The Hall–Kier alpha value is -1.85. The highest BCUT2D eigenvalue weighted by Crippen LogP contribution is 2.11. The van der Waals surface area contributed by atoms with Crippen LogP contribution >= 0.6 is 0 Å². The maximum Gasteiger partial charge on any atom is 0.331 e. The summed E-state index contributed by atoms with van der Waals surface area (Å²) < 4.78 is 0. The third-order valence-electron chi connectivity index (χ3n) is 2.13. The van der Waals surface area contributed by atoms with Crippen molar-refractivity contribution in [1.82, 2.24) is 0 Å². The molecule has 0 fully saturated rings. The van der Waals surface area contributed by atoms with Crippen LogP contribution in [0.15, 0.2) is 11.6 Å². The fourth-order valence-electron chi connectivity index (χ4n) is 1.28. The van der Waals surface area contributed by atoms with Gasteiger partial charge in [-0.15, -0.1) is 0 Å². The van der Waals surface area contributed by atoms with Crippen molar-refractivity contribution in [3.8, 4) is 0 Å². The van der Waals surface area contributed by atoms with Gasteiger partial charge >= 0.3 is 17.9 Å². The highest BCUT2D eigenvalue weighted by Gasteiger charge is 2.07. The van der Waals surface area contributed by atoms with Gasteiger partial charge in [0.05, 0.1) is 6.42 Å². The number of hydrogen-bond donors (Lipinski definition) is 3. The molecule has 0 aromatic heterocycles. The monoisotopic (exact) mass is 244 g/mol. The molecule has 96 valence electrons. The third-order valence-corrected chi connectivity index (χ3v) is 2.13. The van der Waals surface area contributed by atoms with Crippen molar-refractivity contribution in [3.63, 3.8) is 0 Å². The molecule has 0 radical (unpaired) electrons. The smallest absolute Gasteiger partial charge is 0.331 e. The highest BCUT2D eigenvalue weighted by molar-refractivity contribution is 5.87. The van der Waals surface area contributed by atoms with E-state index in [1.807, 2.05) is 0 Å². The van der Waals surface area contributed by atoms with Crippen molar-refractivity contribution in [1.29, 1.82) is 0 Å². The molecular formula is C11H16O6. The van der Waals surface area contributed by atoms with Gasteiger partial charge in [-0.25, -0.2) is 4.79 Å². The molecule has 0 rings (SSSR count). The summed E-state index contributed by atoms with van der Waals surface area (Å²) in [5.74, 6) is -3.07. The minimum Gasteiger partial charge on any atom is -0.481 e. The zero-order chi connectivity index (χ0) is 13.3. The van der Waals surface area contributed by atoms with Crippen LogP contribution in [0, 0.1) is 0 Å². The first-order chi connectivity index (χ1) is 7.93. The van der Waals surface area contributed by atoms with E-state index in [4.69, 9.17) is 15.3 Å². The molecule has 0 aliphatic rings. The van der Waals surface area contributed by atoms with Crippen molar-refractivity contribution in [2.75, 3.05) is 0 Å². The molecule has 0 aromatic carbocycles. The summed E-state index contributed by atoms with van der Waals surface area (Å²) >= 11 is 0. The summed E-state index contributed by atoms with van der Waals surface area (Å²) in [6.07, 6.45) is 2.87. The summed E-state index contributed by atoms with van der Waals surface area (Å²) in [6.45, 7) is 0. The molecule has 0 aliphatic heterocycles. The van der Waals surface area contributed by atoms with E-state index in [0.29, 0.717) is 19.3 Å². The summed E-state index contributed by atoms with van der Waals surface area (Å²) in [6, 6.07) is 0. The van der Waals surface area contributed by atoms with E-state index in [1.165, 1.54) is 6.08 Å². The Morgan fingerprint density at radius 1 is 0.824 bits per heavy atom. The van der Waals surface area contributed by atoms with Crippen molar-refractivity contribution < 1.29 is 29.7 Å². The number of carboxylic acids is 3. The van der Waals surface area contributed by atoms with Crippen LogP contribution in [0.5, 0.6) is 0 Å². The lowest BCUT2D eigenvalue weighted by Crippen LogP contribution is -2.03. The first-order valence-corrected chi connectivity index (χ1v) is 5.29. The van der Waals surface area contributed by atoms with Crippen LogP contribution in [0.2, 0.25) is 0 Å². The maximum atomic E-state index is 10.7. The zero-order valence-electron chi connectivity index (χ0n) is 9.39. The molecule has 0 bridgehead atoms. The van der Waals surface area contributed by atoms with Crippen molar-refractivity contribution >= 4 is 17.9 Å². The average Bonchev–Trinajstić information content (AvgIpc) is 2.20. The van der Waals surface area contributed by atoms with E-state index >= 15 is 0 Å². The van der Waals surface area contributed by atoms with Crippen LogP contribution < -0.4 is 0 Å². The van der Waals surface area contributed by atoms with Gasteiger partial charge in [-0.2, -0.15) is 0 Å². The Bertz CT molecular complexity index is 318. The molecule has 0 atom stereocenters. The number of hydrogen-bond acceptors (Lipinski definition) is 3. The first kappa shape index (κ1) is 15.2. The van der Waals surface area contributed by atoms with E-state index in [1.54, 1.807) is 0 Å². The van der Waals surface area contributed by atoms with Gasteiger partial charge < -0.3 is 15.3 Å². The molecule has 3 N–H and O–H groups in total. The molecule has 0 saturated heterocycles. The molecule has 0 aliphatic carbocycles. The van der Waals surface area contributed by atoms with Gasteiger partial charge in [-0.05, 0) is 19.3 Å². The Morgan fingerprint density at radius 3 is 1.88 bits per heavy atom. The van der Waals surface area contributed by atoms with Crippen LogP contribution in [-0.2, 0) is 14.4 Å². The van der Waals surface area contributed by atoms with Crippen LogP contribution in [0.4, 0.5) is 0 Å². The zero-order valence-corrected chi connectivity index (χ0v) is 9.39. The lowest BCUT2D eigenvalue weighted by molar-refractivity contribution is -0.137. The Morgan fingerprint density at radius 2 is 1.41 bits per heavy atom. The molecule has 17 heavy (non-hydrogen) atoms. The predicted octanol–water partition coefficient (Wildman–Crippen LogP) is 1.51. The molecule has 0 spiro atoms. The average molecular weight is 244 g/mol. The molecule has 0 amide bonds. The molecular weight excluding hydrogens is 228 g/mol. The molecule has 6 heteroatoms. The third kappa shape index (κ3) is 9.10. The number of carbonyl (C=O) groups is 3. The lowest BCUT2D eigenvalue weighted by Gasteiger charge is -2.01. The minimum atomic E-state index is -1.12. The summed E-state index contributed by atoms with van der Waals surface area (Å²) in [4.78, 5) is 31.2. The fourth-order valence-corrected chi connectivity index (χ4v) is 1.28. The predicted molar refractivity (Wildman–Crippen MR) is 58.7 cm³/mol. The number of rotatable bonds is 9. The van der Waals surface area contributed by atoms with Crippen molar-refractivity contribution in [2.24, 2.45) is 0 Å². The number of unbranched alkanes of at least 4 members (excludes halogenated alkanes) is 2. The largest absolute Gasteiger partial charge is 0.481 e. The standard InChI is InChI=1S/C11H16O6/c12-9(13)5-3-1-2-4-8(11(16)17)6-7-10(14)15/h6H,1-5,7H2,(H,12,13)(H,14,15)(H,16,17)/b8-6-. The van der Waals surface area contributed by atoms with Crippen LogP contribution in [0.1, 0.15) is 38.5 Å².